The molecule has 0 saturated carbocycles. The van der Waals surface area contributed by atoms with Crippen molar-refractivity contribution in [3.05, 3.63) is 39.9 Å². The summed E-state index contributed by atoms with van der Waals surface area (Å²) in [6, 6.07) is 4.35. The Hall–Kier alpha value is -2.77. The molecule has 0 spiro atoms. The van der Waals surface area contributed by atoms with Crippen LogP contribution in [-0.4, -0.2) is 29.7 Å². The molecule has 22 heavy (non-hydrogen) atoms. The van der Waals surface area contributed by atoms with Crippen molar-refractivity contribution in [2.24, 2.45) is 5.92 Å². The third-order valence-electron chi connectivity index (χ3n) is 3.03. The van der Waals surface area contributed by atoms with Crippen molar-refractivity contribution in [3.63, 3.8) is 0 Å². The zero-order chi connectivity index (χ0) is 16.9. The molecule has 0 saturated heterocycles. The van der Waals surface area contributed by atoms with Crippen LogP contribution in [0.2, 0.25) is 0 Å². The number of nitro groups is 1. The van der Waals surface area contributed by atoms with Gasteiger partial charge in [0.2, 0.25) is 5.91 Å². The SMILES string of the molecule is COC(=O)[C@@H](C(C)=O)[C@H](NC(C)=O)c1cccc([N+](=O)[O-])c1. The Labute approximate surface area is 126 Å². The molecule has 8 nitrogen and oxygen atoms in total. The maximum atomic E-state index is 11.8. The van der Waals surface area contributed by atoms with Gasteiger partial charge in [-0.1, -0.05) is 12.1 Å². The number of nitrogens with one attached hydrogen (secondary N) is 1. The van der Waals surface area contributed by atoms with E-state index in [0.717, 1.165) is 7.11 Å². The first-order valence-electron chi connectivity index (χ1n) is 6.37. The maximum Gasteiger partial charge on any atom is 0.318 e. The first-order valence-corrected chi connectivity index (χ1v) is 6.37. The van der Waals surface area contributed by atoms with Crippen LogP contribution in [-0.2, 0) is 19.1 Å². The van der Waals surface area contributed by atoms with Crippen molar-refractivity contribution in [3.8, 4) is 0 Å². The number of hydrogen-bond donors (Lipinski definition) is 1. The number of carbonyl (C=O) groups excluding carboxylic acids is 3. The molecule has 0 unspecified atom stereocenters. The van der Waals surface area contributed by atoms with Crippen LogP contribution in [0.15, 0.2) is 24.3 Å². The second kappa shape index (κ2) is 7.30. The highest BCUT2D eigenvalue weighted by atomic mass is 16.6. The van der Waals surface area contributed by atoms with Crippen LogP contribution in [0.5, 0.6) is 0 Å². The van der Waals surface area contributed by atoms with E-state index in [2.05, 4.69) is 10.1 Å². The molecule has 0 aliphatic rings. The lowest BCUT2D eigenvalue weighted by Crippen LogP contribution is -2.39. The van der Waals surface area contributed by atoms with Gasteiger partial charge in [0.05, 0.1) is 18.1 Å². The first kappa shape index (κ1) is 17.3. The molecule has 0 radical (unpaired) electrons. The lowest BCUT2D eigenvalue weighted by molar-refractivity contribution is -0.384. The summed E-state index contributed by atoms with van der Waals surface area (Å²) in [7, 11) is 1.12. The zero-order valence-electron chi connectivity index (χ0n) is 12.4. The van der Waals surface area contributed by atoms with Crippen LogP contribution in [0, 0.1) is 16.0 Å². The number of non-ortho nitro benzene ring substituents is 1. The van der Waals surface area contributed by atoms with Crippen molar-refractivity contribution in [2.75, 3.05) is 7.11 Å². The minimum absolute atomic E-state index is 0.208. The van der Waals surface area contributed by atoms with Crippen LogP contribution in [0.4, 0.5) is 5.69 Å². The molecular formula is C14H16N2O6. The second-order valence-corrected chi connectivity index (χ2v) is 4.64. The summed E-state index contributed by atoms with van der Waals surface area (Å²) in [6.07, 6.45) is 0. The Bertz CT molecular complexity index is 613. The number of hydrogen-bond acceptors (Lipinski definition) is 6. The largest absolute Gasteiger partial charge is 0.468 e. The molecule has 0 aliphatic carbocycles. The third-order valence-corrected chi connectivity index (χ3v) is 3.03. The highest BCUT2D eigenvalue weighted by Crippen LogP contribution is 2.27. The van der Waals surface area contributed by atoms with E-state index in [1.54, 1.807) is 0 Å². The summed E-state index contributed by atoms with van der Waals surface area (Å²) in [4.78, 5) is 45.2. The molecule has 118 valence electrons. The van der Waals surface area contributed by atoms with Gasteiger partial charge in [0.1, 0.15) is 11.7 Å². The molecule has 0 fully saturated rings. The van der Waals surface area contributed by atoms with Gasteiger partial charge in [-0.05, 0) is 12.5 Å². The van der Waals surface area contributed by atoms with Crippen LogP contribution in [0.25, 0.3) is 0 Å². The zero-order valence-corrected chi connectivity index (χ0v) is 12.4. The Balaban J connectivity index is 3.35. The molecule has 1 aromatic rings. The first-order chi connectivity index (χ1) is 10.3. The number of nitrogens with zero attached hydrogens (tertiary/aromatic N) is 1. The number of amides is 1. The van der Waals surface area contributed by atoms with Crippen molar-refractivity contribution in [1.29, 1.82) is 0 Å². The summed E-state index contributed by atoms with van der Waals surface area (Å²) in [6.45, 7) is 2.41. The minimum atomic E-state index is -1.28. The molecule has 0 bridgehead atoms. The van der Waals surface area contributed by atoms with Crippen molar-refractivity contribution >= 4 is 23.3 Å². The van der Waals surface area contributed by atoms with E-state index in [9.17, 15) is 24.5 Å². The number of ether oxygens (including phenoxy) is 1. The number of methoxy groups -OCH3 is 1. The fourth-order valence-electron chi connectivity index (χ4n) is 2.07. The van der Waals surface area contributed by atoms with Crippen LogP contribution >= 0.6 is 0 Å². The Morgan fingerprint density at radius 3 is 2.36 bits per heavy atom. The molecule has 0 heterocycles. The summed E-state index contributed by atoms with van der Waals surface area (Å²) >= 11 is 0. The number of rotatable bonds is 6. The average molecular weight is 308 g/mol. The molecule has 1 N–H and O–H groups in total. The highest BCUT2D eigenvalue weighted by molar-refractivity contribution is 5.99. The third kappa shape index (κ3) is 4.11. The van der Waals surface area contributed by atoms with Crippen molar-refractivity contribution < 1.29 is 24.0 Å². The van der Waals surface area contributed by atoms with Crippen LogP contribution in [0.3, 0.4) is 0 Å². The van der Waals surface area contributed by atoms with Gasteiger partial charge in [-0.25, -0.2) is 0 Å². The number of carbonyl (C=O) groups is 3. The number of esters is 1. The van der Waals surface area contributed by atoms with Gasteiger partial charge in [0.15, 0.2) is 0 Å². The highest BCUT2D eigenvalue weighted by Gasteiger charge is 2.35. The van der Waals surface area contributed by atoms with Crippen molar-refractivity contribution in [2.45, 2.75) is 19.9 Å². The van der Waals surface area contributed by atoms with E-state index >= 15 is 0 Å². The van der Waals surface area contributed by atoms with Gasteiger partial charge < -0.3 is 10.1 Å². The Kier molecular flexibility index (Phi) is 5.73. The molecule has 2 atom stereocenters. The maximum absolute atomic E-state index is 11.8. The molecule has 1 rings (SSSR count). The summed E-state index contributed by atoms with van der Waals surface area (Å²) in [5, 5.41) is 13.3. The molecule has 1 aromatic carbocycles. The predicted octanol–water partition coefficient (Wildman–Crippen LogP) is 1.15. The molecule has 0 aliphatic heterocycles. The van der Waals surface area contributed by atoms with Gasteiger partial charge in [0.25, 0.3) is 5.69 Å². The van der Waals surface area contributed by atoms with Crippen molar-refractivity contribution in [1.82, 2.24) is 5.32 Å². The summed E-state index contributed by atoms with van der Waals surface area (Å²) in [5.41, 5.74) is 0.0648. The quantitative estimate of drug-likeness (QED) is 0.365. The van der Waals surface area contributed by atoms with E-state index in [1.807, 2.05) is 0 Å². The second-order valence-electron chi connectivity index (χ2n) is 4.64. The van der Waals surface area contributed by atoms with Gasteiger partial charge in [0, 0.05) is 19.1 Å². The van der Waals surface area contributed by atoms with E-state index in [4.69, 9.17) is 0 Å². The molecule has 8 heteroatoms. The van der Waals surface area contributed by atoms with E-state index < -0.39 is 34.5 Å². The average Bonchev–Trinajstić information content (AvgIpc) is 2.45. The van der Waals surface area contributed by atoms with Crippen LogP contribution < -0.4 is 5.32 Å². The number of benzene rings is 1. The van der Waals surface area contributed by atoms with E-state index in [0.29, 0.717) is 0 Å². The van der Waals surface area contributed by atoms with Gasteiger partial charge in [-0.3, -0.25) is 24.5 Å². The fourth-order valence-corrected chi connectivity index (χ4v) is 2.07. The minimum Gasteiger partial charge on any atom is -0.468 e. The summed E-state index contributed by atoms with van der Waals surface area (Å²) < 4.78 is 4.59. The smallest absolute Gasteiger partial charge is 0.318 e. The van der Waals surface area contributed by atoms with Gasteiger partial charge in [-0.15, -0.1) is 0 Å². The van der Waals surface area contributed by atoms with E-state index in [-0.39, 0.29) is 11.3 Å². The number of ketones is 1. The standard InChI is InChI=1S/C14H16N2O6/c1-8(17)12(14(19)22-3)13(15-9(2)18)10-5-4-6-11(7-10)16(20)21/h4-7,12-13H,1-3H3,(H,15,18)/t12-,13+/m0/s1. The molecular weight excluding hydrogens is 292 g/mol. The summed E-state index contributed by atoms with van der Waals surface area (Å²) in [5.74, 6) is -3.10. The van der Waals surface area contributed by atoms with Gasteiger partial charge in [-0.2, -0.15) is 0 Å². The fraction of sp³-hybridized carbons (Fsp3) is 0.357. The molecule has 1 amide bonds. The monoisotopic (exact) mass is 308 g/mol. The number of nitro benzene ring substituents is 1. The number of Topliss-reactive ketones (excluding diaryl/α,β-unsaturated/α-hetero) is 1. The topological polar surface area (TPSA) is 116 Å². The lowest BCUT2D eigenvalue weighted by Gasteiger charge is -2.24. The lowest BCUT2D eigenvalue weighted by atomic mass is 9.89. The van der Waals surface area contributed by atoms with Gasteiger partial charge >= 0.3 is 5.97 Å². The Morgan fingerprint density at radius 2 is 1.91 bits per heavy atom. The Morgan fingerprint density at radius 1 is 1.27 bits per heavy atom. The predicted molar refractivity (Wildman–Crippen MR) is 75.8 cm³/mol. The normalized spacial score (nSPS) is 12.9. The molecule has 0 aromatic heterocycles. The van der Waals surface area contributed by atoms with E-state index in [1.165, 1.54) is 38.1 Å². The van der Waals surface area contributed by atoms with Crippen LogP contribution in [0.1, 0.15) is 25.5 Å².